The molecule has 0 spiro atoms. The molecule has 2 aliphatic rings. The summed E-state index contributed by atoms with van der Waals surface area (Å²) in [6, 6.07) is 13.5. The zero-order valence-electron chi connectivity index (χ0n) is 14.3. The van der Waals surface area contributed by atoms with Gasteiger partial charge in [0, 0.05) is 11.6 Å². The van der Waals surface area contributed by atoms with E-state index in [1.165, 1.54) is 11.1 Å². The molecule has 2 aromatic rings. The van der Waals surface area contributed by atoms with Crippen molar-refractivity contribution in [1.29, 1.82) is 0 Å². The molecule has 0 bridgehead atoms. The lowest BCUT2D eigenvalue weighted by atomic mass is 10.0. The van der Waals surface area contributed by atoms with Gasteiger partial charge in [0.1, 0.15) is 5.75 Å². The molecule has 5 heteroatoms. The van der Waals surface area contributed by atoms with E-state index in [-0.39, 0.29) is 17.9 Å². The number of amides is 2. The van der Waals surface area contributed by atoms with Gasteiger partial charge in [-0.25, -0.2) is 0 Å². The summed E-state index contributed by atoms with van der Waals surface area (Å²) >= 11 is 0. The van der Waals surface area contributed by atoms with E-state index in [9.17, 15) is 9.59 Å². The van der Waals surface area contributed by atoms with Gasteiger partial charge in [-0.15, -0.1) is 0 Å². The fourth-order valence-electron chi connectivity index (χ4n) is 3.38. The molecule has 0 saturated carbocycles. The molecule has 0 atom stereocenters. The molecule has 128 valence electrons. The minimum Gasteiger partial charge on any atom is -0.476 e. The lowest BCUT2D eigenvalue weighted by Crippen LogP contribution is -2.45. The van der Waals surface area contributed by atoms with E-state index < -0.39 is 5.60 Å². The third-order valence-electron chi connectivity index (χ3n) is 4.79. The first-order valence-electron chi connectivity index (χ1n) is 8.44. The Kier molecular flexibility index (Phi) is 3.53. The monoisotopic (exact) mass is 336 g/mol. The molecular formula is C20H20N2O3. The molecular weight excluding hydrogens is 316 g/mol. The number of carbonyl (C=O) groups is 2. The van der Waals surface area contributed by atoms with Crippen molar-refractivity contribution in [2.24, 2.45) is 0 Å². The third kappa shape index (κ3) is 2.86. The Morgan fingerprint density at radius 3 is 2.52 bits per heavy atom. The van der Waals surface area contributed by atoms with Gasteiger partial charge in [0.2, 0.25) is 0 Å². The number of benzene rings is 2. The van der Waals surface area contributed by atoms with E-state index in [1.54, 1.807) is 32.0 Å². The van der Waals surface area contributed by atoms with Crippen LogP contribution in [0.15, 0.2) is 42.5 Å². The van der Waals surface area contributed by atoms with Crippen LogP contribution in [0.1, 0.15) is 35.3 Å². The number of anilines is 1. The summed E-state index contributed by atoms with van der Waals surface area (Å²) in [5.41, 5.74) is 2.72. The molecule has 2 aromatic carbocycles. The molecule has 5 nitrogen and oxygen atoms in total. The largest absolute Gasteiger partial charge is 0.476 e. The van der Waals surface area contributed by atoms with Gasteiger partial charge >= 0.3 is 0 Å². The van der Waals surface area contributed by atoms with Gasteiger partial charge in [0.25, 0.3) is 11.8 Å². The second-order valence-corrected chi connectivity index (χ2v) is 7.12. The van der Waals surface area contributed by atoms with Crippen LogP contribution in [-0.2, 0) is 17.6 Å². The second-order valence-electron chi connectivity index (χ2n) is 7.12. The van der Waals surface area contributed by atoms with Gasteiger partial charge in [-0.3, -0.25) is 9.59 Å². The molecule has 0 fully saturated rings. The van der Waals surface area contributed by atoms with Gasteiger partial charge < -0.3 is 15.4 Å². The smallest absolute Gasteiger partial charge is 0.268 e. The zero-order chi connectivity index (χ0) is 17.6. The number of carbonyl (C=O) groups excluding carboxylic acids is 2. The van der Waals surface area contributed by atoms with Crippen LogP contribution in [0.5, 0.6) is 5.75 Å². The predicted molar refractivity (Wildman–Crippen MR) is 94.9 cm³/mol. The Morgan fingerprint density at radius 1 is 1.16 bits per heavy atom. The van der Waals surface area contributed by atoms with E-state index in [4.69, 9.17) is 4.74 Å². The number of fused-ring (bicyclic) bond motifs is 2. The fourth-order valence-corrected chi connectivity index (χ4v) is 3.38. The first-order chi connectivity index (χ1) is 11.9. The Morgan fingerprint density at radius 2 is 1.84 bits per heavy atom. The summed E-state index contributed by atoms with van der Waals surface area (Å²) in [7, 11) is 0. The van der Waals surface area contributed by atoms with Crippen molar-refractivity contribution in [3.05, 3.63) is 59.2 Å². The standard InChI is InChI=1S/C20H20N2O3/c1-20(2)19(24)22-16-11-14(7-8-17(16)25-20)18(23)21-15-9-12-5-3-4-6-13(12)10-15/h3-8,11,15H,9-10H2,1-2H3,(H,21,23)(H,22,24). The van der Waals surface area contributed by atoms with Crippen LogP contribution in [0.3, 0.4) is 0 Å². The second kappa shape index (κ2) is 5.62. The van der Waals surface area contributed by atoms with Gasteiger partial charge in [0.05, 0.1) is 5.69 Å². The van der Waals surface area contributed by atoms with Crippen molar-refractivity contribution >= 4 is 17.5 Å². The summed E-state index contributed by atoms with van der Waals surface area (Å²) in [5, 5.41) is 5.89. The first kappa shape index (κ1) is 15.7. The number of ether oxygens (including phenoxy) is 1. The highest BCUT2D eigenvalue weighted by Crippen LogP contribution is 2.34. The van der Waals surface area contributed by atoms with Crippen LogP contribution in [0.25, 0.3) is 0 Å². The SMILES string of the molecule is CC1(C)Oc2ccc(C(=O)NC3Cc4ccccc4C3)cc2NC1=O. The minimum atomic E-state index is -0.910. The molecule has 1 aliphatic carbocycles. The maximum Gasteiger partial charge on any atom is 0.268 e. The van der Waals surface area contributed by atoms with Crippen LogP contribution >= 0.6 is 0 Å². The highest BCUT2D eigenvalue weighted by molar-refractivity contribution is 6.02. The summed E-state index contributed by atoms with van der Waals surface area (Å²) in [4.78, 5) is 24.6. The Bertz CT molecular complexity index is 848. The summed E-state index contributed by atoms with van der Waals surface area (Å²) < 4.78 is 5.70. The maximum atomic E-state index is 12.6. The van der Waals surface area contributed by atoms with Crippen LogP contribution in [0.2, 0.25) is 0 Å². The third-order valence-corrected chi connectivity index (χ3v) is 4.79. The Labute approximate surface area is 146 Å². The average molecular weight is 336 g/mol. The lowest BCUT2D eigenvalue weighted by molar-refractivity contribution is -0.129. The van der Waals surface area contributed by atoms with Crippen molar-refractivity contribution in [2.75, 3.05) is 5.32 Å². The van der Waals surface area contributed by atoms with E-state index in [2.05, 4.69) is 22.8 Å². The zero-order valence-corrected chi connectivity index (χ0v) is 14.3. The highest BCUT2D eigenvalue weighted by Gasteiger charge is 2.35. The molecule has 1 aliphatic heterocycles. The van der Waals surface area contributed by atoms with Crippen molar-refractivity contribution in [3.8, 4) is 5.75 Å². The van der Waals surface area contributed by atoms with Crippen LogP contribution in [-0.4, -0.2) is 23.5 Å². The van der Waals surface area contributed by atoms with Crippen molar-refractivity contribution in [1.82, 2.24) is 5.32 Å². The molecule has 0 aromatic heterocycles. The Balaban J connectivity index is 1.49. The first-order valence-corrected chi connectivity index (χ1v) is 8.44. The topological polar surface area (TPSA) is 67.4 Å². The van der Waals surface area contributed by atoms with E-state index in [1.807, 2.05) is 12.1 Å². The number of rotatable bonds is 2. The summed E-state index contributed by atoms with van der Waals surface area (Å²) in [5.74, 6) is 0.220. The van der Waals surface area contributed by atoms with Gasteiger partial charge in [-0.1, -0.05) is 24.3 Å². The summed E-state index contributed by atoms with van der Waals surface area (Å²) in [6.45, 7) is 3.42. The number of hydrogen-bond donors (Lipinski definition) is 2. The summed E-state index contributed by atoms with van der Waals surface area (Å²) in [6.07, 6.45) is 1.70. The molecule has 2 amide bonds. The van der Waals surface area contributed by atoms with Crippen LogP contribution in [0.4, 0.5) is 5.69 Å². The van der Waals surface area contributed by atoms with E-state index in [0.717, 1.165) is 12.8 Å². The molecule has 0 saturated heterocycles. The molecule has 0 unspecified atom stereocenters. The van der Waals surface area contributed by atoms with Crippen molar-refractivity contribution in [3.63, 3.8) is 0 Å². The predicted octanol–water partition coefficient (Wildman–Crippen LogP) is 2.69. The Hall–Kier alpha value is -2.82. The van der Waals surface area contributed by atoms with E-state index in [0.29, 0.717) is 17.0 Å². The lowest BCUT2D eigenvalue weighted by Gasteiger charge is -2.31. The van der Waals surface area contributed by atoms with Crippen molar-refractivity contribution in [2.45, 2.75) is 38.3 Å². The quantitative estimate of drug-likeness (QED) is 0.886. The molecule has 0 radical (unpaired) electrons. The fraction of sp³-hybridized carbons (Fsp3) is 0.300. The number of nitrogens with one attached hydrogen (secondary N) is 2. The van der Waals surface area contributed by atoms with Gasteiger partial charge in [-0.2, -0.15) is 0 Å². The normalized spacial score (nSPS) is 17.9. The van der Waals surface area contributed by atoms with Crippen LogP contribution < -0.4 is 15.4 Å². The molecule has 25 heavy (non-hydrogen) atoms. The molecule has 1 heterocycles. The van der Waals surface area contributed by atoms with E-state index >= 15 is 0 Å². The average Bonchev–Trinajstić information content (AvgIpc) is 2.97. The van der Waals surface area contributed by atoms with Gasteiger partial charge in [-0.05, 0) is 56.0 Å². The number of hydrogen-bond acceptors (Lipinski definition) is 3. The van der Waals surface area contributed by atoms with Gasteiger partial charge in [0.15, 0.2) is 5.60 Å². The van der Waals surface area contributed by atoms with Crippen molar-refractivity contribution < 1.29 is 14.3 Å². The maximum absolute atomic E-state index is 12.6. The minimum absolute atomic E-state index is 0.103. The molecule has 4 rings (SSSR count). The molecule has 2 N–H and O–H groups in total. The highest BCUT2D eigenvalue weighted by atomic mass is 16.5. The van der Waals surface area contributed by atoms with Crippen LogP contribution in [0, 0.1) is 0 Å².